The lowest BCUT2D eigenvalue weighted by Gasteiger charge is -2.08. The van der Waals surface area contributed by atoms with Crippen molar-refractivity contribution >= 4 is 45.9 Å². The number of benzene rings is 1. The van der Waals surface area contributed by atoms with Gasteiger partial charge in [0.1, 0.15) is 4.88 Å². The number of anilines is 2. The van der Waals surface area contributed by atoms with Gasteiger partial charge in [0, 0.05) is 17.8 Å². The van der Waals surface area contributed by atoms with Crippen LogP contribution in [0.25, 0.3) is 0 Å². The van der Waals surface area contributed by atoms with E-state index < -0.39 is 0 Å². The summed E-state index contributed by atoms with van der Waals surface area (Å²) in [4.78, 5) is 30.6. The first-order valence-corrected chi connectivity index (χ1v) is 10.3. The first kappa shape index (κ1) is 19.3. The number of hydrogen-bond acceptors (Lipinski definition) is 5. The number of hydrogen-bond donors (Lipinski definition) is 2. The molecule has 27 heavy (non-hydrogen) atoms. The number of carbonyl (C=O) groups is 2. The molecule has 0 radical (unpaired) electrons. The maximum Gasteiger partial charge on any atom is 0.267 e. The number of nitrogens with zero attached hydrogens (tertiary/aromatic N) is 1. The molecule has 0 saturated heterocycles. The minimum Gasteiger partial charge on any atom is -0.321 e. The van der Waals surface area contributed by atoms with Crippen molar-refractivity contribution in [2.24, 2.45) is 5.92 Å². The summed E-state index contributed by atoms with van der Waals surface area (Å²) in [6.07, 6.45) is 0.864. The molecule has 5 nitrogen and oxygen atoms in total. The number of nitrogens with one attached hydrogen (secondary N) is 2. The molecule has 0 unspecified atom stereocenters. The van der Waals surface area contributed by atoms with Gasteiger partial charge in [-0.25, -0.2) is 4.98 Å². The van der Waals surface area contributed by atoms with Crippen LogP contribution in [0.3, 0.4) is 0 Å². The van der Waals surface area contributed by atoms with Gasteiger partial charge in [-0.1, -0.05) is 26.0 Å². The first-order chi connectivity index (χ1) is 12.9. The third-order valence-electron chi connectivity index (χ3n) is 3.75. The Morgan fingerprint density at radius 2 is 1.78 bits per heavy atom. The molecule has 0 aliphatic rings. The molecule has 3 rings (SSSR count). The molecule has 0 aliphatic heterocycles. The summed E-state index contributed by atoms with van der Waals surface area (Å²) in [6.45, 7) is 6.12. The number of thiophene rings is 1. The molecule has 0 fully saturated rings. The monoisotopic (exact) mass is 399 g/mol. The summed E-state index contributed by atoms with van der Waals surface area (Å²) >= 11 is 2.82. The van der Waals surface area contributed by atoms with Gasteiger partial charge in [-0.2, -0.15) is 0 Å². The fraction of sp³-hybridized carbons (Fsp3) is 0.250. The minimum absolute atomic E-state index is 0.162. The van der Waals surface area contributed by atoms with Gasteiger partial charge in [0.25, 0.3) is 11.8 Å². The zero-order valence-electron chi connectivity index (χ0n) is 15.4. The van der Waals surface area contributed by atoms with Gasteiger partial charge in [0.2, 0.25) is 0 Å². The Morgan fingerprint density at radius 3 is 2.41 bits per heavy atom. The molecular weight excluding hydrogens is 378 g/mol. The van der Waals surface area contributed by atoms with E-state index in [1.807, 2.05) is 18.4 Å². The van der Waals surface area contributed by atoms with Crippen LogP contribution < -0.4 is 10.6 Å². The lowest BCUT2D eigenvalue weighted by molar-refractivity contribution is 0.102. The van der Waals surface area contributed by atoms with Crippen LogP contribution in [0.4, 0.5) is 11.4 Å². The Balaban J connectivity index is 1.70. The molecule has 2 aromatic heterocycles. The lowest BCUT2D eigenvalue weighted by atomic mass is 10.1. The van der Waals surface area contributed by atoms with E-state index in [9.17, 15) is 9.59 Å². The second kappa shape index (κ2) is 8.45. The van der Waals surface area contributed by atoms with Gasteiger partial charge in [0.05, 0.1) is 15.6 Å². The quantitative estimate of drug-likeness (QED) is 0.597. The molecule has 0 atom stereocenters. The lowest BCUT2D eigenvalue weighted by Crippen LogP contribution is -2.13. The minimum atomic E-state index is -0.179. The van der Waals surface area contributed by atoms with Crippen LogP contribution in [0.15, 0.2) is 41.8 Å². The number of rotatable bonds is 6. The van der Waals surface area contributed by atoms with E-state index in [0.29, 0.717) is 27.0 Å². The molecule has 2 N–H and O–H groups in total. The zero-order valence-corrected chi connectivity index (χ0v) is 17.0. The molecular formula is C20H21N3O2S2. The van der Waals surface area contributed by atoms with E-state index in [2.05, 4.69) is 29.5 Å². The molecule has 0 bridgehead atoms. The van der Waals surface area contributed by atoms with Gasteiger partial charge in [-0.15, -0.1) is 22.7 Å². The van der Waals surface area contributed by atoms with Crippen molar-refractivity contribution in [3.05, 3.63) is 62.2 Å². The highest BCUT2D eigenvalue weighted by atomic mass is 32.1. The Bertz CT molecular complexity index is 946. The van der Waals surface area contributed by atoms with Gasteiger partial charge < -0.3 is 10.6 Å². The van der Waals surface area contributed by atoms with Crippen LogP contribution in [-0.2, 0) is 6.42 Å². The van der Waals surface area contributed by atoms with Crippen molar-refractivity contribution in [1.82, 2.24) is 4.98 Å². The highest BCUT2D eigenvalue weighted by Crippen LogP contribution is 2.23. The number of aryl methyl sites for hydroxylation is 1. The third kappa shape index (κ3) is 5.02. The average Bonchev–Trinajstić information content (AvgIpc) is 3.24. The van der Waals surface area contributed by atoms with Crippen LogP contribution in [-0.4, -0.2) is 16.8 Å². The van der Waals surface area contributed by atoms with Crippen molar-refractivity contribution in [3.8, 4) is 0 Å². The summed E-state index contributed by atoms with van der Waals surface area (Å²) in [5, 5.41) is 8.58. The van der Waals surface area contributed by atoms with Crippen LogP contribution in [0.1, 0.15) is 43.9 Å². The fourth-order valence-corrected chi connectivity index (χ4v) is 4.35. The van der Waals surface area contributed by atoms with E-state index in [1.54, 1.807) is 30.3 Å². The topological polar surface area (TPSA) is 71.1 Å². The van der Waals surface area contributed by atoms with Crippen molar-refractivity contribution < 1.29 is 9.59 Å². The summed E-state index contributed by atoms with van der Waals surface area (Å²) in [5.41, 5.74) is 2.00. The van der Waals surface area contributed by atoms with E-state index in [4.69, 9.17) is 0 Å². The molecule has 1 aromatic carbocycles. The highest BCUT2D eigenvalue weighted by molar-refractivity contribution is 7.14. The molecule has 7 heteroatoms. The van der Waals surface area contributed by atoms with Gasteiger partial charge in [0.15, 0.2) is 0 Å². The standard InChI is InChI=1S/C20H21N3O2S2/c1-12(2)10-17-21-13(3)18(27-17)20(25)23-15-7-4-6-14(11-15)22-19(24)16-8-5-9-26-16/h4-9,11-12H,10H2,1-3H3,(H,22,24)(H,23,25). The Hall–Kier alpha value is -2.51. The van der Waals surface area contributed by atoms with Crippen molar-refractivity contribution in [2.45, 2.75) is 27.2 Å². The largest absolute Gasteiger partial charge is 0.321 e. The molecule has 0 saturated carbocycles. The molecule has 0 aliphatic carbocycles. The maximum absolute atomic E-state index is 12.6. The van der Waals surface area contributed by atoms with Crippen molar-refractivity contribution in [1.29, 1.82) is 0 Å². The zero-order chi connectivity index (χ0) is 19.4. The molecule has 0 spiro atoms. The van der Waals surface area contributed by atoms with E-state index in [1.165, 1.54) is 22.7 Å². The highest BCUT2D eigenvalue weighted by Gasteiger charge is 2.16. The summed E-state index contributed by atoms with van der Waals surface area (Å²) in [6, 6.07) is 10.7. The Labute approximate surface area is 166 Å². The summed E-state index contributed by atoms with van der Waals surface area (Å²) in [5.74, 6) is 0.155. The Morgan fingerprint density at radius 1 is 1.07 bits per heavy atom. The average molecular weight is 400 g/mol. The molecule has 3 aromatic rings. The van der Waals surface area contributed by atoms with Gasteiger partial charge in [-0.3, -0.25) is 9.59 Å². The number of carbonyl (C=O) groups excluding carboxylic acids is 2. The molecule has 140 valence electrons. The SMILES string of the molecule is Cc1nc(CC(C)C)sc1C(=O)Nc1cccc(NC(=O)c2cccs2)c1. The van der Waals surface area contributed by atoms with E-state index >= 15 is 0 Å². The number of aromatic nitrogens is 1. The van der Waals surface area contributed by atoms with Crippen molar-refractivity contribution in [2.75, 3.05) is 10.6 Å². The second-order valence-electron chi connectivity index (χ2n) is 6.59. The van der Waals surface area contributed by atoms with Crippen LogP contribution in [0.2, 0.25) is 0 Å². The summed E-state index contributed by atoms with van der Waals surface area (Å²) in [7, 11) is 0. The third-order valence-corrected chi connectivity index (χ3v) is 5.80. The van der Waals surface area contributed by atoms with E-state index in [0.717, 1.165) is 17.1 Å². The maximum atomic E-state index is 12.6. The van der Waals surface area contributed by atoms with Crippen LogP contribution in [0, 0.1) is 12.8 Å². The number of amides is 2. The predicted molar refractivity (Wildman–Crippen MR) is 112 cm³/mol. The smallest absolute Gasteiger partial charge is 0.267 e. The fourth-order valence-electron chi connectivity index (χ4n) is 2.56. The second-order valence-corrected chi connectivity index (χ2v) is 8.62. The van der Waals surface area contributed by atoms with Crippen LogP contribution >= 0.6 is 22.7 Å². The van der Waals surface area contributed by atoms with Crippen molar-refractivity contribution in [3.63, 3.8) is 0 Å². The Kier molecular flexibility index (Phi) is 6.03. The molecule has 2 heterocycles. The first-order valence-electron chi connectivity index (χ1n) is 8.65. The predicted octanol–water partition coefficient (Wildman–Crippen LogP) is 5.22. The van der Waals surface area contributed by atoms with Gasteiger partial charge in [-0.05, 0) is 42.5 Å². The number of thiazole rings is 1. The normalized spacial score (nSPS) is 10.8. The summed E-state index contributed by atoms with van der Waals surface area (Å²) < 4.78 is 0. The van der Waals surface area contributed by atoms with Crippen LogP contribution in [0.5, 0.6) is 0 Å². The van der Waals surface area contributed by atoms with Gasteiger partial charge >= 0.3 is 0 Å². The van der Waals surface area contributed by atoms with E-state index in [-0.39, 0.29) is 11.8 Å². The molecule has 2 amide bonds.